The predicted octanol–water partition coefficient (Wildman–Crippen LogP) is 8.07. The van der Waals surface area contributed by atoms with Crippen LogP contribution in [0.3, 0.4) is 0 Å². The summed E-state index contributed by atoms with van der Waals surface area (Å²) in [6.07, 6.45) is -3.16. The van der Waals surface area contributed by atoms with Crippen molar-refractivity contribution in [3.8, 4) is 0 Å². The molecule has 6 aromatic rings. The van der Waals surface area contributed by atoms with Gasteiger partial charge < -0.3 is 0 Å². The van der Waals surface area contributed by atoms with E-state index >= 15 is 35.1 Å². The quantitative estimate of drug-likeness (QED) is 0.0397. The van der Waals surface area contributed by atoms with Gasteiger partial charge in [-0.2, -0.15) is 0 Å². The Morgan fingerprint density at radius 1 is 0.377 bits per heavy atom. The molecule has 1 aromatic heterocycles. The third kappa shape index (κ3) is 7.32. The second-order valence-corrected chi connectivity index (χ2v) is 12.6. The van der Waals surface area contributed by atoms with Gasteiger partial charge in [-0.25, -0.2) is 92.4 Å². The number of ketones is 1. The number of halogens is 20. The highest BCUT2D eigenvalue weighted by Gasteiger charge is 2.52. The smallest absolute Gasteiger partial charge is 0.200 e. The lowest BCUT2D eigenvalue weighted by Gasteiger charge is -2.44. The van der Waals surface area contributed by atoms with Crippen molar-refractivity contribution in [1.29, 1.82) is 0 Å². The Bertz CT molecular complexity index is 2360. The summed E-state index contributed by atoms with van der Waals surface area (Å²) in [6.45, 7) is 2.42. The van der Waals surface area contributed by atoms with Gasteiger partial charge in [0.05, 0.1) is 0 Å². The fourth-order valence-corrected chi connectivity index (χ4v) is 6.47. The third-order valence-corrected chi connectivity index (χ3v) is 9.21. The highest BCUT2D eigenvalue weighted by Crippen LogP contribution is 2.30. The molecule has 0 aliphatic carbocycles. The summed E-state index contributed by atoms with van der Waals surface area (Å²) in [6, 6.07) is 13.7. The molecule has 0 atom stereocenters. The number of hydrogen-bond donors (Lipinski definition) is 0. The highest BCUT2D eigenvalue weighted by molar-refractivity contribution is 7.20. The van der Waals surface area contributed by atoms with E-state index in [1.54, 1.807) is 6.92 Å². The molecule has 0 fully saturated rings. The Kier molecular flexibility index (Phi) is 12.7. The van der Waals surface area contributed by atoms with E-state index in [0.29, 0.717) is 0 Å². The molecule has 6 rings (SSSR count). The molecule has 0 saturated heterocycles. The van der Waals surface area contributed by atoms with Crippen LogP contribution in [-0.4, -0.2) is 11.9 Å². The maximum absolute atomic E-state index is 15.4. The molecule has 0 spiro atoms. The zero-order chi connectivity index (χ0) is 45.7. The summed E-state index contributed by atoms with van der Waals surface area (Å²) >= 11 is 0. The molecule has 1 heterocycles. The molecule has 320 valence electrons. The van der Waals surface area contributed by atoms with Crippen molar-refractivity contribution in [2.24, 2.45) is 0 Å². The van der Waals surface area contributed by atoms with Crippen molar-refractivity contribution < 1.29 is 97.2 Å². The van der Waals surface area contributed by atoms with E-state index in [-0.39, 0.29) is 5.78 Å². The molecule has 2 nitrogen and oxygen atoms in total. The number of aromatic nitrogens is 1. The third-order valence-electron chi connectivity index (χ3n) is 9.21. The van der Waals surface area contributed by atoms with E-state index in [4.69, 9.17) is 0 Å². The number of hydrogen-bond acceptors (Lipinski definition) is 1. The van der Waals surface area contributed by atoms with Gasteiger partial charge in [-0.3, -0.25) is 4.79 Å². The Hall–Kier alpha value is -6.42. The minimum absolute atomic E-state index is 0.110. The first-order chi connectivity index (χ1) is 28.5. The van der Waals surface area contributed by atoms with E-state index in [9.17, 15) is 57.5 Å². The minimum Gasteiger partial charge on any atom is -0.295 e. The predicted molar refractivity (Wildman–Crippen MR) is 171 cm³/mol. The molecule has 0 radical (unpaired) electrons. The van der Waals surface area contributed by atoms with Crippen molar-refractivity contribution in [3.05, 3.63) is 182 Å². The molecule has 0 aliphatic heterocycles. The zero-order valence-corrected chi connectivity index (χ0v) is 29.4. The fraction of sp³-hybridized carbons (Fsp3) is 0.0526. The van der Waals surface area contributed by atoms with Gasteiger partial charge in [-0.05, 0) is 6.92 Å². The lowest BCUT2D eigenvalue weighted by Crippen LogP contribution is -2.81. The number of carbonyl (C=O) groups excluding carboxylic acids is 1. The maximum Gasteiger partial charge on any atom is 0.200 e. The Morgan fingerprint density at radius 3 is 0.836 bits per heavy atom. The van der Waals surface area contributed by atoms with E-state index in [0.717, 1.165) is 12.1 Å². The summed E-state index contributed by atoms with van der Waals surface area (Å²) < 4.78 is 296. The molecule has 0 aliphatic rings. The number of rotatable bonds is 7. The molecule has 61 heavy (non-hydrogen) atoms. The van der Waals surface area contributed by atoms with Crippen molar-refractivity contribution >= 4 is 33.8 Å². The summed E-state index contributed by atoms with van der Waals surface area (Å²) in [5, 5.41) is 0. The van der Waals surface area contributed by atoms with Gasteiger partial charge in [0.2, 0.25) is 0 Å². The average molecular weight is 891 g/mol. The summed E-state index contributed by atoms with van der Waals surface area (Å²) in [5.74, 6) is -71.3. The van der Waals surface area contributed by atoms with Gasteiger partial charge in [0.15, 0.2) is 94.5 Å². The second kappa shape index (κ2) is 16.9. The summed E-state index contributed by atoms with van der Waals surface area (Å²) in [5.41, 5.74) is -12.4. The minimum atomic E-state index is -7.22. The number of benzene rings is 5. The monoisotopic (exact) mass is 891 g/mol. The van der Waals surface area contributed by atoms with Gasteiger partial charge in [-0.1, -0.05) is 30.3 Å². The fourth-order valence-electron chi connectivity index (χ4n) is 6.47. The topological polar surface area (TPSA) is 20.9 Å². The molecule has 0 unspecified atom stereocenters. The Morgan fingerprint density at radius 2 is 0.607 bits per heavy atom. The van der Waals surface area contributed by atoms with Crippen molar-refractivity contribution in [2.45, 2.75) is 13.5 Å². The maximum atomic E-state index is 15.4. The van der Waals surface area contributed by atoms with E-state index < -0.39 is 144 Å². The van der Waals surface area contributed by atoms with Crippen LogP contribution in [0.1, 0.15) is 22.8 Å². The molecule has 0 N–H and O–H groups in total. The van der Waals surface area contributed by atoms with Crippen LogP contribution in [0.25, 0.3) is 0 Å². The molecule has 0 amide bonds. The first kappa shape index (κ1) is 45.7. The molecular formula is C38H14BF20NO. The largest absolute Gasteiger partial charge is 0.295 e. The van der Waals surface area contributed by atoms with Gasteiger partial charge >= 0.3 is 0 Å². The standard InChI is InChI=1S/C24BF20.C14H14NO/c26-5-1(6(27)14(35)21(42)13(5)34)25(2-7(28)15(36)22(43)16(37)8(2)29,3-9(30)17(38)23(44)18(39)10(3)31)4-11(32)19(40)24(45)20(41)12(4)33;1-12(16)14-7-5-13(6-8-14)11-15-9-3-2-4-10-15/h;2-10H,11H2,1H3/q-1;+1. The summed E-state index contributed by atoms with van der Waals surface area (Å²) in [7, 11) is 0. The van der Waals surface area contributed by atoms with Crippen LogP contribution in [0, 0.1) is 116 Å². The SMILES string of the molecule is CC(=O)c1ccc(C[n+]2ccccc2)cc1.Fc1c(F)c(F)c([B-](c2c(F)c(F)c(F)c(F)c2F)(c2c(F)c(F)c(F)c(F)c2F)c2c(F)c(F)c(F)c(F)c2F)c(F)c1F. The van der Waals surface area contributed by atoms with Gasteiger partial charge in [-0.15, -0.1) is 21.9 Å². The molecular weight excluding hydrogens is 877 g/mol. The first-order valence-corrected chi connectivity index (χ1v) is 16.2. The van der Waals surface area contributed by atoms with Crippen LogP contribution in [-0.2, 0) is 6.54 Å². The average Bonchev–Trinajstić information content (AvgIpc) is 3.24. The molecule has 0 bridgehead atoms. The van der Waals surface area contributed by atoms with Crippen LogP contribution in [0.2, 0.25) is 0 Å². The first-order valence-electron chi connectivity index (χ1n) is 16.2. The molecule has 23 heteroatoms. The van der Waals surface area contributed by atoms with E-state index in [1.807, 2.05) is 54.9 Å². The van der Waals surface area contributed by atoms with Crippen LogP contribution < -0.4 is 26.4 Å². The van der Waals surface area contributed by atoms with Gasteiger partial charge in [0, 0.05) is 23.3 Å². The van der Waals surface area contributed by atoms with Crippen LogP contribution in [0.5, 0.6) is 0 Å². The number of nitrogens with zero attached hydrogens (tertiary/aromatic N) is 1. The highest BCUT2D eigenvalue weighted by atomic mass is 19.2. The number of pyridine rings is 1. The zero-order valence-electron chi connectivity index (χ0n) is 29.4. The summed E-state index contributed by atoms with van der Waals surface area (Å²) in [4.78, 5) is 11.1. The van der Waals surface area contributed by atoms with Crippen molar-refractivity contribution in [3.63, 3.8) is 0 Å². The van der Waals surface area contributed by atoms with Crippen molar-refractivity contribution in [1.82, 2.24) is 0 Å². The number of carbonyl (C=O) groups is 1. The second-order valence-electron chi connectivity index (χ2n) is 12.6. The van der Waals surface area contributed by atoms with Crippen molar-refractivity contribution in [2.75, 3.05) is 0 Å². The van der Waals surface area contributed by atoms with E-state index in [1.165, 1.54) is 5.56 Å². The Labute approximate surface area is 326 Å². The van der Waals surface area contributed by atoms with Crippen LogP contribution >= 0.6 is 0 Å². The lowest BCUT2D eigenvalue weighted by molar-refractivity contribution is -0.688. The van der Waals surface area contributed by atoms with E-state index in [2.05, 4.69) is 4.57 Å². The molecule has 0 saturated carbocycles. The van der Waals surface area contributed by atoms with Crippen LogP contribution in [0.4, 0.5) is 87.8 Å². The van der Waals surface area contributed by atoms with Gasteiger partial charge in [0.1, 0.15) is 52.7 Å². The normalized spacial score (nSPS) is 11.5. The number of Topliss-reactive ketones (excluding diaryl/α,β-unsaturated/α-hetero) is 1. The van der Waals surface area contributed by atoms with Gasteiger partial charge in [0.25, 0.3) is 0 Å². The lowest BCUT2D eigenvalue weighted by atomic mass is 9.12. The Balaban J connectivity index is 0.000000366. The van der Waals surface area contributed by atoms with Crippen LogP contribution in [0.15, 0.2) is 54.9 Å². The molecule has 5 aromatic carbocycles.